The van der Waals surface area contributed by atoms with E-state index in [9.17, 15) is 4.79 Å². The van der Waals surface area contributed by atoms with Crippen LogP contribution in [0, 0.1) is 6.92 Å². The van der Waals surface area contributed by atoms with Crippen molar-refractivity contribution in [2.24, 2.45) is 7.05 Å². The van der Waals surface area contributed by atoms with E-state index in [0.717, 1.165) is 50.2 Å². The molecule has 0 atom stereocenters. The van der Waals surface area contributed by atoms with Gasteiger partial charge in [0.2, 0.25) is 0 Å². The lowest BCUT2D eigenvalue weighted by atomic mass is 10.0. The Labute approximate surface area is 192 Å². The maximum atomic E-state index is 13.5. The quantitative estimate of drug-likeness (QED) is 0.406. The Bertz CT molecular complexity index is 1530. The van der Waals surface area contributed by atoms with Gasteiger partial charge in [0.15, 0.2) is 0 Å². The van der Waals surface area contributed by atoms with Gasteiger partial charge < -0.3 is 19.2 Å². The van der Waals surface area contributed by atoms with Gasteiger partial charge in [0, 0.05) is 31.5 Å². The van der Waals surface area contributed by atoms with Crippen molar-refractivity contribution in [3.05, 3.63) is 83.8 Å². The highest BCUT2D eigenvalue weighted by molar-refractivity contribution is 5.98. The maximum absolute atomic E-state index is 13.5. The number of para-hydroxylation sites is 1. The molecule has 6 rings (SSSR count). The van der Waals surface area contributed by atoms with Crippen LogP contribution in [0.1, 0.15) is 23.3 Å². The molecule has 166 valence electrons. The molecule has 0 bridgehead atoms. The smallest absolute Gasteiger partial charge is 0.270 e. The van der Waals surface area contributed by atoms with Gasteiger partial charge in [-0.15, -0.1) is 0 Å². The second kappa shape index (κ2) is 7.52. The molecule has 1 amide bonds. The number of carbonyl (C=O) groups is 1. The number of nitrogens with one attached hydrogen (secondary N) is 1. The van der Waals surface area contributed by atoms with Crippen LogP contribution < -0.4 is 4.74 Å². The number of aryl methyl sites for hydroxylation is 2. The van der Waals surface area contributed by atoms with E-state index in [1.807, 2.05) is 65.9 Å². The third-order valence-corrected chi connectivity index (χ3v) is 6.43. The van der Waals surface area contributed by atoms with Crippen LogP contribution in [0.25, 0.3) is 33.1 Å². The zero-order valence-corrected chi connectivity index (χ0v) is 18.6. The number of ether oxygens (including phenoxy) is 1. The minimum absolute atomic E-state index is 0. The van der Waals surface area contributed by atoms with Gasteiger partial charge in [-0.25, -0.2) is 4.98 Å². The predicted molar refractivity (Wildman–Crippen MR) is 132 cm³/mol. The predicted octanol–water partition coefficient (Wildman–Crippen LogP) is 5.31. The molecule has 0 spiro atoms. The van der Waals surface area contributed by atoms with Crippen LogP contribution in [0.5, 0.6) is 5.75 Å². The summed E-state index contributed by atoms with van der Waals surface area (Å²) in [6.07, 6.45) is 0. The Morgan fingerprint density at radius 1 is 1.06 bits per heavy atom. The van der Waals surface area contributed by atoms with Crippen LogP contribution in [-0.2, 0) is 13.6 Å². The molecule has 6 nitrogen and oxygen atoms in total. The first-order valence-corrected chi connectivity index (χ1v) is 11.1. The fraction of sp³-hybridized carbons (Fsp3) is 0.185. The standard InChI is InChI=1S/C27H24N4O2.H2/c1-17-28-22-9-7-19(14-23(22)29-17)18-8-10-26-21(13-18)16-31(11-12-33-26)27(32)25-15-20-5-3-4-6-24(20)30(25)2;/h3-10,13-15H,11-12,16H2,1-2H3,(H,28,29);1H. The number of carbonyl (C=O) groups excluding carboxylic acids is 1. The van der Waals surface area contributed by atoms with E-state index in [-0.39, 0.29) is 7.33 Å². The van der Waals surface area contributed by atoms with Crippen LogP contribution in [0.4, 0.5) is 0 Å². The van der Waals surface area contributed by atoms with Crippen molar-refractivity contribution in [1.82, 2.24) is 19.4 Å². The fourth-order valence-corrected chi connectivity index (χ4v) is 4.72. The normalized spacial score (nSPS) is 13.7. The van der Waals surface area contributed by atoms with Crippen LogP contribution in [0.2, 0.25) is 0 Å². The Balaban J connectivity index is 0.00000241. The number of aromatic amines is 1. The van der Waals surface area contributed by atoms with Crippen LogP contribution >= 0.6 is 0 Å². The lowest BCUT2D eigenvalue weighted by Crippen LogP contribution is -2.33. The molecule has 1 aliphatic rings. The van der Waals surface area contributed by atoms with Crippen molar-refractivity contribution in [3.8, 4) is 16.9 Å². The summed E-state index contributed by atoms with van der Waals surface area (Å²) in [4.78, 5) is 23.2. The molecule has 3 aromatic carbocycles. The van der Waals surface area contributed by atoms with E-state index in [2.05, 4.69) is 34.2 Å². The number of hydrogen-bond donors (Lipinski definition) is 1. The highest BCUT2D eigenvalue weighted by Crippen LogP contribution is 2.31. The molecule has 33 heavy (non-hydrogen) atoms. The number of hydrogen-bond acceptors (Lipinski definition) is 3. The average molecular weight is 439 g/mol. The minimum Gasteiger partial charge on any atom is -0.491 e. The summed E-state index contributed by atoms with van der Waals surface area (Å²) in [7, 11) is 1.95. The first-order valence-electron chi connectivity index (χ1n) is 11.1. The summed E-state index contributed by atoms with van der Waals surface area (Å²) in [5.41, 5.74) is 6.92. The summed E-state index contributed by atoms with van der Waals surface area (Å²) in [6.45, 7) is 3.49. The second-order valence-electron chi connectivity index (χ2n) is 8.60. The van der Waals surface area contributed by atoms with Crippen molar-refractivity contribution < 1.29 is 11.0 Å². The average Bonchev–Trinajstić information content (AvgIpc) is 3.28. The molecule has 0 radical (unpaired) electrons. The summed E-state index contributed by atoms with van der Waals surface area (Å²) in [5, 5.41) is 1.07. The Morgan fingerprint density at radius 3 is 2.76 bits per heavy atom. The Hall–Kier alpha value is -4.06. The van der Waals surface area contributed by atoms with Crippen LogP contribution in [0.15, 0.2) is 66.7 Å². The number of H-pyrrole nitrogens is 1. The van der Waals surface area contributed by atoms with Gasteiger partial charge in [-0.05, 0) is 54.4 Å². The summed E-state index contributed by atoms with van der Waals surface area (Å²) < 4.78 is 7.98. The van der Waals surface area contributed by atoms with Crippen molar-refractivity contribution in [2.45, 2.75) is 13.5 Å². The number of benzene rings is 3. The summed E-state index contributed by atoms with van der Waals surface area (Å²) in [5.74, 6) is 1.76. The molecular formula is C27H26N4O2. The van der Waals surface area contributed by atoms with Crippen molar-refractivity contribution >= 4 is 27.8 Å². The fourth-order valence-electron chi connectivity index (χ4n) is 4.72. The Kier molecular flexibility index (Phi) is 4.47. The minimum atomic E-state index is 0. The van der Waals surface area contributed by atoms with Crippen LogP contribution in [0.3, 0.4) is 0 Å². The third-order valence-electron chi connectivity index (χ3n) is 6.43. The van der Waals surface area contributed by atoms with E-state index >= 15 is 0 Å². The maximum Gasteiger partial charge on any atom is 0.270 e. The molecule has 0 aliphatic carbocycles. The Morgan fingerprint density at radius 2 is 1.88 bits per heavy atom. The monoisotopic (exact) mass is 438 g/mol. The second-order valence-corrected chi connectivity index (χ2v) is 8.60. The molecule has 0 fully saturated rings. The molecule has 1 N–H and O–H groups in total. The summed E-state index contributed by atoms with van der Waals surface area (Å²) in [6, 6.07) is 22.5. The molecule has 5 aromatic rings. The molecular weight excluding hydrogens is 412 g/mol. The van der Waals surface area contributed by atoms with E-state index in [4.69, 9.17) is 4.74 Å². The van der Waals surface area contributed by atoms with E-state index in [1.165, 1.54) is 0 Å². The van der Waals surface area contributed by atoms with Crippen molar-refractivity contribution in [3.63, 3.8) is 0 Å². The third kappa shape index (κ3) is 3.35. The molecule has 0 saturated heterocycles. The lowest BCUT2D eigenvalue weighted by molar-refractivity contribution is 0.0724. The highest BCUT2D eigenvalue weighted by atomic mass is 16.5. The van der Waals surface area contributed by atoms with Gasteiger partial charge in [-0.1, -0.05) is 30.3 Å². The summed E-state index contributed by atoms with van der Waals surface area (Å²) >= 11 is 0. The molecule has 0 saturated carbocycles. The van der Waals surface area contributed by atoms with Crippen molar-refractivity contribution in [1.29, 1.82) is 0 Å². The van der Waals surface area contributed by atoms with E-state index in [0.29, 0.717) is 25.4 Å². The number of fused-ring (bicyclic) bond motifs is 3. The van der Waals surface area contributed by atoms with Crippen molar-refractivity contribution in [2.75, 3.05) is 13.2 Å². The zero-order chi connectivity index (χ0) is 22.5. The van der Waals surface area contributed by atoms with Gasteiger partial charge >= 0.3 is 0 Å². The molecule has 6 heteroatoms. The van der Waals surface area contributed by atoms with Gasteiger partial charge in [-0.2, -0.15) is 0 Å². The van der Waals surface area contributed by atoms with Gasteiger partial charge in [-0.3, -0.25) is 4.79 Å². The first-order chi connectivity index (χ1) is 16.1. The largest absolute Gasteiger partial charge is 0.491 e. The molecule has 0 unspecified atom stereocenters. The number of rotatable bonds is 2. The van der Waals surface area contributed by atoms with Gasteiger partial charge in [0.1, 0.15) is 23.9 Å². The van der Waals surface area contributed by atoms with E-state index < -0.39 is 0 Å². The zero-order valence-electron chi connectivity index (χ0n) is 18.6. The SMILES string of the molecule is Cc1nc2ccc(-c3ccc4c(c3)CN(C(=O)c3cc5ccccc5n3C)CCO4)cc2[nH]1.[HH]. The molecule has 2 aromatic heterocycles. The lowest BCUT2D eigenvalue weighted by Gasteiger charge is -2.20. The van der Waals surface area contributed by atoms with E-state index in [1.54, 1.807) is 0 Å². The van der Waals surface area contributed by atoms with Gasteiger partial charge in [0.25, 0.3) is 5.91 Å². The van der Waals surface area contributed by atoms with Crippen LogP contribution in [-0.4, -0.2) is 38.5 Å². The number of amides is 1. The topological polar surface area (TPSA) is 63.1 Å². The highest BCUT2D eigenvalue weighted by Gasteiger charge is 2.24. The number of imidazole rings is 1. The first kappa shape index (κ1) is 19.6. The molecule has 3 heterocycles. The number of aromatic nitrogens is 3. The van der Waals surface area contributed by atoms with Gasteiger partial charge in [0.05, 0.1) is 17.6 Å². The molecule has 1 aliphatic heterocycles. The number of nitrogens with zero attached hydrogens (tertiary/aromatic N) is 3.